The third kappa shape index (κ3) is 4.67. The fraction of sp³-hybridized carbons (Fsp3) is 0.188. The van der Waals surface area contributed by atoms with Crippen molar-refractivity contribution in [1.82, 2.24) is 0 Å². The van der Waals surface area contributed by atoms with E-state index >= 15 is 0 Å². The first-order chi connectivity index (χ1) is 9.95. The van der Waals surface area contributed by atoms with Crippen LogP contribution in [-0.4, -0.2) is 11.7 Å². The van der Waals surface area contributed by atoms with E-state index in [1.54, 1.807) is 18.2 Å². The Kier molecular flexibility index (Phi) is 5.57. The Hall–Kier alpha value is -1.16. The zero-order chi connectivity index (χ0) is 15.4. The quantitative estimate of drug-likeness (QED) is 0.761. The Morgan fingerprint density at radius 3 is 2.62 bits per heavy atom. The third-order valence-corrected chi connectivity index (χ3v) is 4.64. The summed E-state index contributed by atoms with van der Waals surface area (Å²) in [6.45, 7) is 4.00. The molecule has 110 valence electrons. The number of hydrogen-bond donors (Lipinski definition) is 1. The van der Waals surface area contributed by atoms with Crippen molar-refractivity contribution < 1.29 is 4.79 Å². The second-order valence-electron chi connectivity index (χ2n) is 4.73. The van der Waals surface area contributed by atoms with Crippen LogP contribution < -0.4 is 5.32 Å². The van der Waals surface area contributed by atoms with Gasteiger partial charge in [0.25, 0.3) is 0 Å². The van der Waals surface area contributed by atoms with Gasteiger partial charge in [-0.2, -0.15) is 0 Å². The molecule has 21 heavy (non-hydrogen) atoms. The molecule has 0 saturated heterocycles. The number of rotatable bonds is 4. The van der Waals surface area contributed by atoms with Crippen molar-refractivity contribution in [3.05, 3.63) is 57.6 Å². The molecular formula is C16H15Cl2NOS. The summed E-state index contributed by atoms with van der Waals surface area (Å²) >= 11 is 13.4. The Balaban J connectivity index is 1.97. The van der Waals surface area contributed by atoms with Crippen LogP contribution in [0.3, 0.4) is 0 Å². The summed E-state index contributed by atoms with van der Waals surface area (Å²) in [5.74, 6) is 0.218. The van der Waals surface area contributed by atoms with E-state index in [1.807, 2.05) is 32.0 Å². The lowest BCUT2D eigenvalue weighted by Gasteiger charge is -2.09. The molecule has 0 saturated carbocycles. The monoisotopic (exact) mass is 339 g/mol. The van der Waals surface area contributed by atoms with E-state index in [-0.39, 0.29) is 11.7 Å². The summed E-state index contributed by atoms with van der Waals surface area (Å²) in [7, 11) is 0. The van der Waals surface area contributed by atoms with Crippen molar-refractivity contribution >= 4 is 46.6 Å². The first-order valence-electron chi connectivity index (χ1n) is 6.40. The lowest BCUT2D eigenvalue weighted by molar-refractivity contribution is -0.113. The van der Waals surface area contributed by atoms with Gasteiger partial charge in [0.2, 0.25) is 5.91 Å². The Morgan fingerprint density at radius 2 is 1.90 bits per heavy atom. The average molecular weight is 340 g/mol. The van der Waals surface area contributed by atoms with Gasteiger partial charge in [-0.15, -0.1) is 11.8 Å². The first-order valence-corrected chi connectivity index (χ1v) is 8.15. The van der Waals surface area contributed by atoms with Gasteiger partial charge in [-0.1, -0.05) is 40.9 Å². The van der Waals surface area contributed by atoms with Crippen molar-refractivity contribution in [2.75, 3.05) is 11.1 Å². The lowest BCUT2D eigenvalue weighted by Crippen LogP contribution is -2.14. The van der Waals surface area contributed by atoms with E-state index in [1.165, 1.54) is 17.3 Å². The number of hydrogen-bond acceptors (Lipinski definition) is 2. The smallest absolute Gasteiger partial charge is 0.234 e. The number of halogens is 2. The standard InChI is InChI=1S/C16H15Cl2NOS/c1-10-3-6-14(11(2)7-10)19-16(20)9-21-15-8-12(17)4-5-13(15)18/h3-8H,9H2,1-2H3,(H,19,20). The van der Waals surface area contributed by atoms with Crippen molar-refractivity contribution in [2.24, 2.45) is 0 Å². The van der Waals surface area contributed by atoms with E-state index in [9.17, 15) is 4.79 Å². The normalized spacial score (nSPS) is 10.5. The number of benzene rings is 2. The van der Waals surface area contributed by atoms with Crippen LogP contribution in [0.1, 0.15) is 11.1 Å². The molecule has 0 bridgehead atoms. The molecule has 0 atom stereocenters. The molecule has 1 N–H and O–H groups in total. The highest BCUT2D eigenvalue weighted by atomic mass is 35.5. The molecule has 0 spiro atoms. The topological polar surface area (TPSA) is 29.1 Å². The Morgan fingerprint density at radius 1 is 1.14 bits per heavy atom. The number of carbonyl (C=O) groups excluding carboxylic acids is 1. The summed E-state index contributed by atoms with van der Waals surface area (Å²) < 4.78 is 0. The van der Waals surface area contributed by atoms with Gasteiger partial charge in [-0.05, 0) is 43.7 Å². The molecule has 2 rings (SSSR count). The minimum atomic E-state index is -0.0667. The predicted octanol–water partition coefficient (Wildman–Crippen LogP) is 5.34. The summed E-state index contributed by atoms with van der Waals surface area (Å²) in [6.07, 6.45) is 0. The molecule has 5 heteroatoms. The van der Waals surface area contributed by atoms with Gasteiger partial charge in [0.1, 0.15) is 0 Å². The number of thioether (sulfide) groups is 1. The molecule has 2 aromatic carbocycles. The van der Waals surface area contributed by atoms with Crippen LogP contribution in [0.4, 0.5) is 5.69 Å². The number of aryl methyl sites for hydroxylation is 2. The first kappa shape index (κ1) is 16.2. The van der Waals surface area contributed by atoms with Crippen LogP contribution in [0.5, 0.6) is 0 Å². The largest absolute Gasteiger partial charge is 0.325 e. The highest BCUT2D eigenvalue weighted by Crippen LogP contribution is 2.30. The summed E-state index contributed by atoms with van der Waals surface area (Å²) in [5, 5.41) is 4.11. The van der Waals surface area contributed by atoms with Gasteiger partial charge in [0.05, 0.1) is 10.8 Å². The van der Waals surface area contributed by atoms with Gasteiger partial charge < -0.3 is 5.32 Å². The molecule has 0 radical (unpaired) electrons. The maximum Gasteiger partial charge on any atom is 0.234 e. The number of anilines is 1. The van der Waals surface area contributed by atoms with Crippen molar-refractivity contribution in [3.8, 4) is 0 Å². The third-order valence-electron chi connectivity index (χ3n) is 2.91. The van der Waals surface area contributed by atoms with E-state index in [0.29, 0.717) is 10.0 Å². The molecular weight excluding hydrogens is 325 g/mol. The Labute approximate surface area is 138 Å². The van der Waals surface area contributed by atoms with E-state index in [4.69, 9.17) is 23.2 Å². The van der Waals surface area contributed by atoms with Gasteiger partial charge in [0, 0.05) is 15.6 Å². The zero-order valence-electron chi connectivity index (χ0n) is 11.7. The van der Waals surface area contributed by atoms with E-state index < -0.39 is 0 Å². The molecule has 0 heterocycles. The number of nitrogens with one attached hydrogen (secondary N) is 1. The van der Waals surface area contributed by atoms with Crippen LogP contribution in [0, 0.1) is 13.8 Å². The van der Waals surface area contributed by atoms with Crippen LogP contribution in [0.15, 0.2) is 41.3 Å². The molecule has 1 amide bonds. The van der Waals surface area contributed by atoms with Crippen molar-refractivity contribution in [2.45, 2.75) is 18.7 Å². The SMILES string of the molecule is Cc1ccc(NC(=O)CSc2cc(Cl)ccc2Cl)c(C)c1. The van der Waals surface area contributed by atoms with E-state index in [0.717, 1.165) is 16.1 Å². The average Bonchev–Trinajstić information content (AvgIpc) is 2.43. The van der Waals surface area contributed by atoms with Crippen LogP contribution in [0.25, 0.3) is 0 Å². The molecule has 0 aliphatic heterocycles. The molecule has 0 aliphatic rings. The van der Waals surface area contributed by atoms with Gasteiger partial charge in [0.15, 0.2) is 0 Å². The minimum absolute atomic E-state index is 0.0667. The molecule has 2 aromatic rings. The molecule has 0 unspecified atom stereocenters. The minimum Gasteiger partial charge on any atom is -0.325 e. The second-order valence-corrected chi connectivity index (χ2v) is 6.59. The van der Waals surface area contributed by atoms with Crippen LogP contribution >= 0.6 is 35.0 Å². The highest BCUT2D eigenvalue weighted by Gasteiger charge is 2.08. The zero-order valence-corrected chi connectivity index (χ0v) is 14.1. The van der Waals surface area contributed by atoms with E-state index in [2.05, 4.69) is 5.32 Å². The number of carbonyl (C=O) groups is 1. The second kappa shape index (κ2) is 7.21. The Bertz CT molecular complexity index is 673. The van der Waals surface area contributed by atoms with Gasteiger partial charge in [-0.25, -0.2) is 0 Å². The predicted molar refractivity (Wildman–Crippen MR) is 91.7 cm³/mol. The highest BCUT2D eigenvalue weighted by molar-refractivity contribution is 8.00. The molecule has 0 fully saturated rings. The van der Waals surface area contributed by atoms with Gasteiger partial charge in [-0.3, -0.25) is 4.79 Å². The summed E-state index contributed by atoms with van der Waals surface area (Å²) in [5.41, 5.74) is 3.06. The molecule has 0 aliphatic carbocycles. The molecule has 0 aromatic heterocycles. The summed E-state index contributed by atoms with van der Waals surface area (Å²) in [4.78, 5) is 12.8. The lowest BCUT2D eigenvalue weighted by atomic mass is 10.1. The van der Waals surface area contributed by atoms with Gasteiger partial charge >= 0.3 is 0 Å². The maximum atomic E-state index is 12.0. The van der Waals surface area contributed by atoms with Crippen LogP contribution in [0.2, 0.25) is 10.0 Å². The fourth-order valence-corrected chi connectivity index (χ4v) is 3.16. The maximum absolute atomic E-state index is 12.0. The van der Waals surface area contributed by atoms with Crippen molar-refractivity contribution in [3.63, 3.8) is 0 Å². The molecule has 2 nitrogen and oxygen atoms in total. The summed E-state index contributed by atoms with van der Waals surface area (Å²) in [6, 6.07) is 11.1. The number of amides is 1. The van der Waals surface area contributed by atoms with Crippen molar-refractivity contribution in [1.29, 1.82) is 0 Å². The fourth-order valence-electron chi connectivity index (χ4n) is 1.87. The van der Waals surface area contributed by atoms with Crippen LogP contribution in [-0.2, 0) is 4.79 Å².